The third-order valence-corrected chi connectivity index (χ3v) is 5.53. The number of fused-ring (bicyclic) bond motifs is 1. The van der Waals surface area contributed by atoms with E-state index in [0.717, 1.165) is 54.3 Å². The molecule has 5 heteroatoms. The first-order valence-corrected chi connectivity index (χ1v) is 9.88. The molecule has 0 bridgehead atoms. The Kier molecular flexibility index (Phi) is 4.87. The molecular formula is C23H25N5. The largest absolute Gasteiger partial charge is 0.318 e. The second-order valence-electron chi connectivity index (χ2n) is 7.57. The molecule has 5 nitrogen and oxygen atoms in total. The molecule has 1 aromatic carbocycles. The molecule has 0 unspecified atom stereocenters. The quantitative estimate of drug-likeness (QED) is 0.622. The van der Waals surface area contributed by atoms with Gasteiger partial charge in [0.25, 0.3) is 0 Å². The van der Waals surface area contributed by atoms with Gasteiger partial charge >= 0.3 is 0 Å². The SMILES string of the molecule is Cc1ccc(-n2c(C)cc(C=C(C#N)c3nnc4n3CCCCC4)c2C)cc1. The van der Waals surface area contributed by atoms with Gasteiger partial charge in [-0.1, -0.05) is 24.1 Å². The van der Waals surface area contributed by atoms with Crippen molar-refractivity contribution in [2.24, 2.45) is 0 Å². The normalized spacial score (nSPS) is 14.4. The molecule has 3 heterocycles. The first kappa shape index (κ1) is 18.2. The van der Waals surface area contributed by atoms with Gasteiger partial charge in [0, 0.05) is 30.0 Å². The molecule has 0 atom stereocenters. The van der Waals surface area contributed by atoms with Gasteiger partial charge in [-0.15, -0.1) is 10.2 Å². The van der Waals surface area contributed by atoms with E-state index in [1.807, 2.05) is 6.08 Å². The Hall–Kier alpha value is -3.13. The molecule has 2 aromatic heterocycles. The van der Waals surface area contributed by atoms with Crippen LogP contribution in [-0.4, -0.2) is 19.3 Å². The highest BCUT2D eigenvalue weighted by Gasteiger charge is 2.18. The molecule has 3 aromatic rings. The topological polar surface area (TPSA) is 59.4 Å². The highest BCUT2D eigenvalue weighted by atomic mass is 15.3. The summed E-state index contributed by atoms with van der Waals surface area (Å²) in [4.78, 5) is 0. The van der Waals surface area contributed by atoms with Gasteiger partial charge in [-0.05, 0) is 63.5 Å². The van der Waals surface area contributed by atoms with Gasteiger partial charge in [-0.2, -0.15) is 5.26 Å². The second kappa shape index (κ2) is 7.47. The van der Waals surface area contributed by atoms with E-state index in [2.05, 4.69) is 76.5 Å². The van der Waals surface area contributed by atoms with E-state index in [0.29, 0.717) is 11.4 Å². The number of aryl methyl sites for hydroxylation is 3. The predicted octanol–water partition coefficient (Wildman–Crippen LogP) is 4.78. The highest BCUT2D eigenvalue weighted by molar-refractivity contribution is 5.88. The van der Waals surface area contributed by atoms with Crippen LogP contribution in [0.25, 0.3) is 17.3 Å². The Morgan fingerprint density at radius 2 is 1.86 bits per heavy atom. The summed E-state index contributed by atoms with van der Waals surface area (Å²) in [5.41, 5.74) is 6.25. The lowest BCUT2D eigenvalue weighted by Crippen LogP contribution is -2.05. The van der Waals surface area contributed by atoms with Gasteiger partial charge in [-0.25, -0.2) is 0 Å². The van der Waals surface area contributed by atoms with Crippen LogP contribution in [0.2, 0.25) is 0 Å². The van der Waals surface area contributed by atoms with Crippen LogP contribution in [0, 0.1) is 32.1 Å². The van der Waals surface area contributed by atoms with Crippen molar-refractivity contribution in [2.45, 2.75) is 53.0 Å². The van der Waals surface area contributed by atoms with Crippen molar-refractivity contribution < 1.29 is 0 Å². The van der Waals surface area contributed by atoms with E-state index >= 15 is 0 Å². The average Bonchev–Trinajstić information content (AvgIpc) is 3.10. The Morgan fingerprint density at radius 1 is 1.07 bits per heavy atom. The van der Waals surface area contributed by atoms with E-state index in [1.54, 1.807) is 0 Å². The number of rotatable bonds is 3. The molecule has 1 aliphatic rings. The molecular weight excluding hydrogens is 346 g/mol. The summed E-state index contributed by atoms with van der Waals surface area (Å²) in [7, 11) is 0. The van der Waals surface area contributed by atoms with Crippen LogP contribution < -0.4 is 0 Å². The van der Waals surface area contributed by atoms with Crippen LogP contribution in [0.1, 0.15) is 53.4 Å². The van der Waals surface area contributed by atoms with Crippen molar-refractivity contribution in [3.63, 3.8) is 0 Å². The molecule has 0 spiro atoms. The molecule has 0 N–H and O–H groups in total. The van der Waals surface area contributed by atoms with Crippen molar-refractivity contribution in [3.05, 3.63) is 64.5 Å². The Labute approximate surface area is 166 Å². The third kappa shape index (κ3) is 3.27. The van der Waals surface area contributed by atoms with Crippen LogP contribution in [-0.2, 0) is 13.0 Å². The number of hydrogen-bond donors (Lipinski definition) is 0. The minimum absolute atomic E-state index is 0.574. The van der Waals surface area contributed by atoms with E-state index in [1.165, 1.54) is 12.0 Å². The molecule has 0 radical (unpaired) electrons. The second-order valence-corrected chi connectivity index (χ2v) is 7.57. The zero-order valence-corrected chi connectivity index (χ0v) is 16.7. The minimum atomic E-state index is 0.574. The van der Waals surface area contributed by atoms with Gasteiger partial charge in [0.15, 0.2) is 5.82 Å². The van der Waals surface area contributed by atoms with Gasteiger partial charge < -0.3 is 9.13 Å². The highest BCUT2D eigenvalue weighted by Crippen LogP contribution is 2.26. The van der Waals surface area contributed by atoms with Gasteiger partial charge in [-0.3, -0.25) is 0 Å². The molecule has 28 heavy (non-hydrogen) atoms. The zero-order chi connectivity index (χ0) is 19.7. The first-order valence-electron chi connectivity index (χ1n) is 9.88. The van der Waals surface area contributed by atoms with Gasteiger partial charge in [0.05, 0.1) is 5.57 Å². The smallest absolute Gasteiger partial charge is 0.174 e. The van der Waals surface area contributed by atoms with Crippen LogP contribution in [0.15, 0.2) is 30.3 Å². The van der Waals surface area contributed by atoms with Crippen LogP contribution >= 0.6 is 0 Å². The van der Waals surface area contributed by atoms with Crippen molar-refractivity contribution in [3.8, 4) is 11.8 Å². The maximum atomic E-state index is 9.84. The summed E-state index contributed by atoms with van der Waals surface area (Å²) < 4.78 is 4.35. The summed E-state index contributed by atoms with van der Waals surface area (Å²) in [5, 5.41) is 18.5. The summed E-state index contributed by atoms with van der Waals surface area (Å²) >= 11 is 0. The minimum Gasteiger partial charge on any atom is -0.318 e. The zero-order valence-electron chi connectivity index (χ0n) is 16.7. The molecule has 0 fully saturated rings. The van der Waals surface area contributed by atoms with E-state index in [4.69, 9.17) is 0 Å². The molecule has 1 aliphatic heterocycles. The number of benzene rings is 1. The maximum Gasteiger partial charge on any atom is 0.174 e. The Morgan fingerprint density at radius 3 is 2.61 bits per heavy atom. The van der Waals surface area contributed by atoms with Crippen molar-refractivity contribution >= 4 is 11.6 Å². The van der Waals surface area contributed by atoms with E-state index in [-0.39, 0.29) is 0 Å². The first-order chi connectivity index (χ1) is 13.6. The Balaban J connectivity index is 1.76. The third-order valence-electron chi connectivity index (χ3n) is 5.53. The fourth-order valence-corrected chi connectivity index (χ4v) is 4.01. The van der Waals surface area contributed by atoms with Crippen LogP contribution in [0.4, 0.5) is 0 Å². The average molecular weight is 371 g/mol. The summed E-state index contributed by atoms with van der Waals surface area (Å²) in [6, 6.07) is 13.0. The van der Waals surface area contributed by atoms with Crippen LogP contribution in [0.3, 0.4) is 0 Å². The lowest BCUT2D eigenvalue weighted by molar-refractivity contribution is 0.627. The summed E-state index contributed by atoms with van der Waals surface area (Å²) in [6.45, 7) is 7.17. The summed E-state index contributed by atoms with van der Waals surface area (Å²) in [5.74, 6) is 1.69. The Bertz CT molecular complexity index is 1070. The molecule has 0 saturated carbocycles. The number of nitrogens with zero attached hydrogens (tertiary/aromatic N) is 5. The number of allylic oxidation sites excluding steroid dienone is 1. The standard InChI is InChI=1S/C23H25N5/c1-16-8-10-21(11-9-16)28-17(2)13-19(18(28)3)14-20(15-24)23-26-25-22-7-5-4-6-12-27(22)23/h8-11,13-14H,4-7,12H2,1-3H3. The van der Waals surface area contributed by atoms with Crippen molar-refractivity contribution in [1.29, 1.82) is 5.26 Å². The lowest BCUT2D eigenvalue weighted by Gasteiger charge is -2.10. The monoisotopic (exact) mass is 371 g/mol. The summed E-state index contributed by atoms with van der Waals surface area (Å²) in [6.07, 6.45) is 6.34. The lowest BCUT2D eigenvalue weighted by atomic mass is 10.1. The van der Waals surface area contributed by atoms with Gasteiger partial charge in [0.2, 0.25) is 0 Å². The van der Waals surface area contributed by atoms with Crippen LogP contribution in [0.5, 0.6) is 0 Å². The number of aromatic nitrogens is 4. The van der Waals surface area contributed by atoms with Gasteiger partial charge in [0.1, 0.15) is 11.9 Å². The predicted molar refractivity (Wildman–Crippen MR) is 111 cm³/mol. The van der Waals surface area contributed by atoms with E-state index < -0.39 is 0 Å². The molecule has 0 amide bonds. The number of nitriles is 1. The molecule has 4 rings (SSSR count). The fraction of sp³-hybridized carbons (Fsp3) is 0.348. The molecule has 0 saturated heterocycles. The molecule has 0 aliphatic carbocycles. The fourth-order valence-electron chi connectivity index (χ4n) is 4.01. The maximum absolute atomic E-state index is 9.84. The van der Waals surface area contributed by atoms with E-state index in [9.17, 15) is 5.26 Å². The van der Waals surface area contributed by atoms with Crippen molar-refractivity contribution in [1.82, 2.24) is 19.3 Å². The molecule has 142 valence electrons. The van der Waals surface area contributed by atoms with Crippen molar-refractivity contribution in [2.75, 3.05) is 0 Å². The number of hydrogen-bond acceptors (Lipinski definition) is 3.